The molecule has 9 nitrogen and oxygen atoms in total. The van der Waals surface area contributed by atoms with Gasteiger partial charge in [0.2, 0.25) is 11.8 Å². The van der Waals surface area contributed by atoms with E-state index in [1.165, 1.54) is 14.1 Å². The van der Waals surface area contributed by atoms with Gasteiger partial charge >= 0.3 is 5.69 Å². The number of aromatic hydroxyl groups is 1. The van der Waals surface area contributed by atoms with Crippen molar-refractivity contribution in [3.8, 4) is 11.6 Å². The van der Waals surface area contributed by atoms with E-state index >= 15 is 0 Å². The Morgan fingerprint density at radius 1 is 1.06 bits per heavy atom. The molecule has 10 heteroatoms. The minimum atomic E-state index is -0.671. The molecule has 0 saturated carbocycles. The van der Waals surface area contributed by atoms with Gasteiger partial charge in [0.15, 0.2) is 0 Å². The summed E-state index contributed by atoms with van der Waals surface area (Å²) in [5, 5.41) is 10.8. The van der Waals surface area contributed by atoms with Crippen molar-refractivity contribution < 1.29 is 14.6 Å². The SMILES string of the molecule is CCOc1ccc(N=C(SCC(=O)N2CCCCCC2)c2c(O)n(C)c(=O)n(C)c2=O)cc1. The average Bonchev–Trinajstić information content (AvgIpc) is 3.11. The Morgan fingerprint density at radius 3 is 2.30 bits per heavy atom. The van der Waals surface area contributed by atoms with E-state index in [1.54, 1.807) is 24.3 Å². The van der Waals surface area contributed by atoms with Crippen LogP contribution in [0.3, 0.4) is 0 Å². The summed E-state index contributed by atoms with van der Waals surface area (Å²) in [5.74, 6) is 0.231. The Balaban J connectivity index is 1.97. The molecule has 2 heterocycles. The number of ether oxygens (including phenoxy) is 1. The normalized spacial score (nSPS) is 14.8. The van der Waals surface area contributed by atoms with E-state index in [2.05, 4.69) is 4.99 Å². The number of rotatable bonds is 6. The van der Waals surface area contributed by atoms with Crippen LogP contribution in [0.4, 0.5) is 5.69 Å². The lowest BCUT2D eigenvalue weighted by molar-refractivity contribution is -0.128. The van der Waals surface area contributed by atoms with E-state index in [-0.39, 0.29) is 22.3 Å². The van der Waals surface area contributed by atoms with Crippen molar-refractivity contribution in [2.45, 2.75) is 32.6 Å². The van der Waals surface area contributed by atoms with Crippen molar-refractivity contribution in [1.29, 1.82) is 0 Å². The lowest BCUT2D eigenvalue weighted by atomic mass is 10.2. The van der Waals surface area contributed by atoms with Crippen LogP contribution in [0.1, 0.15) is 38.2 Å². The van der Waals surface area contributed by atoms with Crippen LogP contribution in [0.15, 0.2) is 38.8 Å². The Bertz CT molecular complexity index is 1130. The van der Waals surface area contributed by atoms with Crippen LogP contribution in [-0.4, -0.2) is 55.5 Å². The van der Waals surface area contributed by atoms with Crippen molar-refractivity contribution in [2.75, 3.05) is 25.4 Å². The summed E-state index contributed by atoms with van der Waals surface area (Å²) in [7, 11) is 2.72. The smallest absolute Gasteiger partial charge is 0.333 e. The van der Waals surface area contributed by atoms with Gasteiger partial charge in [-0.05, 0) is 44.0 Å². The maximum Gasteiger partial charge on any atom is 0.333 e. The molecule has 33 heavy (non-hydrogen) atoms. The molecule has 1 aliphatic heterocycles. The third-order valence-electron chi connectivity index (χ3n) is 5.52. The van der Waals surface area contributed by atoms with Crippen molar-refractivity contribution in [3.05, 3.63) is 50.7 Å². The van der Waals surface area contributed by atoms with Crippen molar-refractivity contribution in [1.82, 2.24) is 14.0 Å². The monoisotopic (exact) mass is 474 g/mol. The Kier molecular flexibility index (Phi) is 8.37. The van der Waals surface area contributed by atoms with Gasteiger partial charge in [-0.3, -0.25) is 18.7 Å². The molecule has 0 aliphatic carbocycles. The van der Waals surface area contributed by atoms with Crippen LogP contribution in [0, 0.1) is 0 Å². The number of aromatic nitrogens is 2. The number of hydrogen-bond donors (Lipinski definition) is 1. The van der Waals surface area contributed by atoms with E-state index in [0.717, 1.165) is 59.7 Å². The summed E-state index contributed by atoms with van der Waals surface area (Å²) in [6.45, 7) is 3.86. The second-order valence-electron chi connectivity index (χ2n) is 7.83. The summed E-state index contributed by atoms with van der Waals surface area (Å²) in [5.41, 5.74) is -0.900. The first-order valence-electron chi connectivity index (χ1n) is 11.0. The molecule has 1 amide bonds. The van der Waals surface area contributed by atoms with Gasteiger partial charge in [0.1, 0.15) is 16.4 Å². The number of carbonyl (C=O) groups excluding carboxylic acids is 1. The average molecular weight is 475 g/mol. The van der Waals surface area contributed by atoms with E-state index in [4.69, 9.17) is 4.74 Å². The predicted molar refractivity (Wildman–Crippen MR) is 130 cm³/mol. The fraction of sp³-hybridized carbons (Fsp3) is 0.478. The summed E-state index contributed by atoms with van der Waals surface area (Å²) >= 11 is 1.08. The summed E-state index contributed by atoms with van der Waals surface area (Å²) in [6.07, 6.45) is 4.18. The third-order valence-corrected chi connectivity index (χ3v) is 6.48. The number of thioether (sulfide) groups is 1. The number of likely N-dealkylation sites (tertiary alicyclic amines) is 1. The molecule has 1 saturated heterocycles. The predicted octanol–water partition coefficient (Wildman–Crippen LogP) is 2.40. The quantitative estimate of drug-likeness (QED) is 0.509. The molecule has 0 radical (unpaired) electrons. The van der Waals surface area contributed by atoms with Gasteiger partial charge in [-0.25, -0.2) is 9.79 Å². The second-order valence-corrected chi connectivity index (χ2v) is 8.80. The molecule has 1 aliphatic rings. The highest BCUT2D eigenvalue weighted by Crippen LogP contribution is 2.25. The number of aliphatic imine (C=N–C) groups is 1. The van der Waals surface area contributed by atoms with Crippen LogP contribution in [-0.2, 0) is 18.9 Å². The number of benzene rings is 1. The first-order valence-corrected chi connectivity index (χ1v) is 12.0. The molecule has 1 fully saturated rings. The van der Waals surface area contributed by atoms with E-state index in [9.17, 15) is 19.5 Å². The van der Waals surface area contributed by atoms with Gasteiger partial charge in [-0.15, -0.1) is 0 Å². The zero-order valence-electron chi connectivity index (χ0n) is 19.2. The van der Waals surface area contributed by atoms with Crippen molar-refractivity contribution in [2.24, 2.45) is 19.1 Å². The highest BCUT2D eigenvalue weighted by molar-refractivity contribution is 8.15. The van der Waals surface area contributed by atoms with E-state index in [1.807, 2.05) is 11.8 Å². The fourth-order valence-electron chi connectivity index (χ4n) is 3.62. The topological polar surface area (TPSA) is 106 Å². The van der Waals surface area contributed by atoms with Crippen LogP contribution in [0.2, 0.25) is 0 Å². The largest absolute Gasteiger partial charge is 0.494 e. The fourth-order valence-corrected chi connectivity index (χ4v) is 4.56. The molecule has 2 aromatic rings. The van der Waals surface area contributed by atoms with Gasteiger partial charge in [0.05, 0.1) is 18.0 Å². The molecule has 0 atom stereocenters. The highest BCUT2D eigenvalue weighted by Gasteiger charge is 2.23. The summed E-state index contributed by atoms with van der Waals surface area (Å²) in [6, 6.07) is 6.97. The van der Waals surface area contributed by atoms with Gasteiger partial charge in [-0.1, -0.05) is 24.6 Å². The number of amides is 1. The van der Waals surface area contributed by atoms with E-state index < -0.39 is 17.1 Å². The van der Waals surface area contributed by atoms with Crippen molar-refractivity contribution >= 4 is 28.4 Å². The summed E-state index contributed by atoms with van der Waals surface area (Å²) < 4.78 is 7.36. The number of carbonyl (C=O) groups is 1. The van der Waals surface area contributed by atoms with Gasteiger partial charge < -0.3 is 14.7 Å². The molecular formula is C23H30N4O5S. The Hall–Kier alpha value is -3.01. The molecular weight excluding hydrogens is 444 g/mol. The number of hydrogen-bond acceptors (Lipinski definition) is 7. The Labute approximate surface area is 196 Å². The summed E-state index contributed by atoms with van der Waals surface area (Å²) in [4.78, 5) is 44.3. The molecule has 1 aromatic heterocycles. The molecule has 1 N–H and O–H groups in total. The second kappa shape index (κ2) is 11.2. The van der Waals surface area contributed by atoms with Crippen molar-refractivity contribution in [3.63, 3.8) is 0 Å². The first-order chi connectivity index (χ1) is 15.8. The molecule has 0 bridgehead atoms. The maximum absolute atomic E-state index is 12.9. The lowest BCUT2D eigenvalue weighted by Crippen LogP contribution is -2.40. The Morgan fingerprint density at radius 2 is 1.70 bits per heavy atom. The zero-order valence-corrected chi connectivity index (χ0v) is 20.1. The first kappa shape index (κ1) is 24.6. The van der Waals surface area contributed by atoms with Gasteiger partial charge in [0.25, 0.3) is 5.56 Å². The third kappa shape index (κ3) is 5.87. The van der Waals surface area contributed by atoms with Crippen LogP contribution >= 0.6 is 11.8 Å². The van der Waals surface area contributed by atoms with Gasteiger partial charge in [-0.2, -0.15) is 0 Å². The van der Waals surface area contributed by atoms with E-state index in [0.29, 0.717) is 18.0 Å². The van der Waals surface area contributed by atoms with Crippen LogP contribution in [0.25, 0.3) is 0 Å². The lowest BCUT2D eigenvalue weighted by Gasteiger charge is -2.20. The molecule has 178 valence electrons. The van der Waals surface area contributed by atoms with Gasteiger partial charge in [0, 0.05) is 27.2 Å². The molecule has 0 unspecified atom stereocenters. The molecule has 1 aromatic carbocycles. The molecule has 0 spiro atoms. The standard InChI is InChI=1S/C23H30N4O5S/c1-4-32-17-11-9-16(10-12-17)24-20(19-21(29)25(2)23(31)26(3)22(19)30)33-15-18(28)27-13-7-5-6-8-14-27/h9-12,29H,4-8,13-15H2,1-3H3. The molecule has 3 rings (SSSR count). The van der Waals surface area contributed by atoms with Crippen LogP contribution in [0.5, 0.6) is 11.6 Å². The zero-order chi connectivity index (χ0) is 24.0. The number of nitrogens with zero attached hydrogens (tertiary/aromatic N) is 4. The highest BCUT2D eigenvalue weighted by atomic mass is 32.2. The minimum absolute atomic E-state index is 0.0394. The minimum Gasteiger partial charge on any atom is -0.494 e. The van der Waals surface area contributed by atoms with Crippen LogP contribution < -0.4 is 16.0 Å². The maximum atomic E-state index is 12.9.